The molecule has 0 bridgehead atoms. The van der Waals surface area contributed by atoms with Gasteiger partial charge in [-0.3, -0.25) is 4.90 Å². The van der Waals surface area contributed by atoms with Crippen molar-refractivity contribution < 1.29 is 5.11 Å². The number of imidazole rings is 1. The molecular formula is C20H35N3O. The second kappa shape index (κ2) is 8.48. The molecule has 2 N–H and O–H groups in total. The quantitative estimate of drug-likeness (QED) is 0.799. The van der Waals surface area contributed by atoms with Crippen molar-refractivity contribution in [3.63, 3.8) is 0 Å². The van der Waals surface area contributed by atoms with E-state index in [9.17, 15) is 5.11 Å². The first-order chi connectivity index (χ1) is 11.6. The van der Waals surface area contributed by atoms with E-state index in [1.807, 2.05) is 6.20 Å². The maximum Gasteiger partial charge on any atom is 0.106 e. The average Bonchev–Trinajstić information content (AvgIpc) is 3.20. The second-order valence-corrected chi connectivity index (χ2v) is 8.52. The summed E-state index contributed by atoms with van der Waals surface area (Å²) in [4.78, 5) is 10.6. The van der Waals surface area contributed by atoms with Crippen LogP contribution in [-0.2, 0) is 13.0 Å². The summed E-state index contributed by atoms with van der Waals surface area (Å²) in [5, 5.41) is 10.3. The highest BCUT2D eigenvalue weighted by Crippen LogP contribution is 2.28. The van der Waals surface area contributed by atoms with Gasteiger partial charge < -0.3 is 10.1 Å². The van der Waals surface area contributed by atoms with E-state index in [0.29, 0.717) is 11.8 Å². The zero-order chi connectivity index (χ0) is 16.9. The van der Waals surface area contributed by atoms with Crippen LogP contribution in [0, 0.1) is 17.8 Å². The summed E-state index contributed by atoms with van der Waals surface area (Å²) in [5.74, 6) is 3.10. The Bertz CT molecular complexity index is 485. The van der Waals surface area contributed by atoms with Crippen molar-refractivity contribution in [3.05, 3.63) is 17.7 Å². The van der Waals surface area contributed by atoms with Gasteiger partial charge in [0.05, 0.1) is 6.10 Å². The van der Waals surface area contributed by atoms with Gasteiger partial charge in [-0.05, 0) is 50.1 Å². The summed E-state index contributed by atoms with van der Waals surface area (Å²) < 4.78 is 0. The van der Waals surface area contributed by atoms with Gasteiger partial charge in [0.2, 0.25) is 0 Å². The van der Waals surface area contributed by atoms with E-state index in [4.69, 9.17) is 0 Å². The fraction of sp³-hybridized carbons (Fsp3) is 0.850. The Kier molecular flexibility index (Phi) is 6.34. The molecule has 1 aliphatic heterocycles. The molecule has 0 amide bonds. The Labute approximate surface area is 147 Å². The Morgan fingerprint density at radius 1 is 1.21 bits per heavy atom. The van der Waals surface area contributed by atoms with Gasteiger partial charge in [-0.1, -0.05) is 39.5 Å². The van der Waals surface area contributed by atoms with E-state index >= 15 is 0 Å². The Morgan fingerprint density at radius 2 is 1.92 bits per heavy atom. The molecule has 1 aliphatic carbocycles. The van der Waals surface area contributed by atoms with Gasteiger partial charge in [-0.15, -0.1) is 0 Å². The highest BCUT2D eigenvalue weighted by molar-refractivity contribution is 5.02. The molecule has 1 aromatic heterocycles. The Balaban J connectivity index is 1.42. The number of hydrogen-bond acceptors (Lipinski definition) is 3. The number of nitrogens with zero attached hydrogens (tertiary/aromatic N) is 2. The van der Waals surface area contributed by atoms with Crippen LogP contribution in [0.2, 0.25) is 0 Å². The number of aliphatic hydroxyl groups is 1. The normalized spacial score (nSPS) is 22.5. The first-order valence-corrected chi connectivity index (χ1v) is 10.0. The molecule has 1 saturated heterocycles. The molecule has 1 aromatic rings. The predicted octanol–water partition coefficient (Wildman–Crippen LogP) is 3.76. The lowest BCUT2D eigenvalue weighted by molar-refractivity contribution is 0.0434. The van der Waals surface area contributed by atoms with Crippen molar-refractivity contribution in [2.45, 2.75) is 77.9 Å². The number of aromatic amines is 1. The average molecular weight is 334 g/mol. The first kappa shape index (κ1) is 17.9. The third kappa shape index (κ3) is 5.06. The molecule has 1 saturated carbocycles. The molecule has 24 heavy (non-hydrogen) atoms. The van der Waals surface area contributed by atoms with E-state index < -0.39 is 0 Å². The van der Waals surface area contributed by atoms with Crippen LogP contribution in [0.3, 0.4) is 0 Å². The number of H-pyrrole nitrogens is 1. The molecule has 2 fully saturated rings. The van der Waals surface area contributed by atoms with Crippen molar-refractivity contribution in [2.24, 2.45) is 17.8 Å². The molecule has 3 rings (SSSR count). The smallest absolute Gasteiger partial charge is 0.106 e. The first-order valence-electron chi connectivity index (χ1n) is 10.0. The number of aromatic nitrogens is 2. The highest BCUT2D eigenvalue weighted by Gasteiger charge is 2.26. The van der Waals surface area contributed by atoms with Gasteiger partial charge in [-0.25, -0.2) is 4.98 Å². The summed E-state index contributed by atoms with van der Waals surface area (Å²) in [6.07, 6.45) is 11.8. The zero-order valence-electron chi connectivity index (χ0n) is 15.5. The van der Waals surface area contributed by atoms with Crippen LogP contribution in [0.4, 0.5) is 0 Å². The van der Waals surface area contributed by atoms with Gasteiger partial charge >= 0.3 is 0 Å². The van der Waals surface area contributed by atoms with Crippen LogP contribution in [0.5, 0.6) is 0 Å². The van der Waals surface area contributed by atoms with Crippen LogP contribution in [0.25, 0.3) is 0 Å². The zero-order valence-corrected chi connectivity index (χ0v) is 15.5. The van der Waals surface area contributed by atoms with Gasteiger partial charge in [0.1, 0.15) is 5.82 Å². The highest BCUT2D eigenvalue weighted by atomic mass is 16.3. The molecule has 1 atom stereocenters. The van der Waals surface area contributed by atoms with Crippen molar-refractivity contribution in [3.8, 4) is 0 Å². The van der Waals surface area contributed by atoms with Crippen LogP contribution in [0.15, 0.2) is 6.20 Å². The molecular weight excluding hydrogens is 298 g/mol. The van der Waals surface area contributed by atoms with Crippen LogP contribution in [0.1, 0.15) is 70.3 Å². The number of hydrogen-bond donors (Lipinski definition) is 2. The lowest BCUT2D eigenvalue weighted by Gasteiger charge is -2.34. The Morgan fingerprint density at radius 3 is 2.58 bits per heavy atom. The SMILES string of the molecule is CC(C)C[C@H](O)C1CCN(Cc2cnc(CC3CCCC3)[nH]2)CC1. The largest absolute Gasteiger partial charge is 0.393 e. The number of likely N-dealkylation sites (tertiary alicyclic amines) is 1. The summed E-state index contributed by atoms with van der Waals surface area (Å²) in [5.41, 5.74) is 1.25. The molecule has 4 heteroatoms. The van der Waals surface area contributed by atoms with Gasteiger partial charge in [0, 0.05) is 24.9 Å². The van der Waals surface area contributed by atoms with E-state index in [2.05, 4.69) is 28.7 Å². The monoisotopic (exact) mass is 333 g/mol. The molecule has 0 aromatic carbocycles. The van der Waals surface area contributed by atoms with Crippen LogP contribution >= 0.6 is 0 Å². The molecule has 0 spiro atoms. The minimum Gasteiger partial charge on any atom is -0.393 e. The van der Waals surface area contributed by atoms with E-state index in [1.54, 1.807) is 0 Å². The van der Waals surface area contributed by atoms with Crippen molar-refractivity contribution >= 4 is 0 Å². The summed E-state index contributed by atoms with van der Waals surface area (Å²) in [6.45, 7) is 7.55. The fourth-order valence-electron chi connectivity index (χ4n) is 4.49. The van der Waals surface area contributed by atoms with Crippen LogP contribution < -0.4 is 0 Å². The molecule has 136 valence electrons. The van der Waals surface area contributed by atoms with Crippen molar-refractivity contribution in [1.82, 2.24) is 14.9 Å². The summed E-state index contributed by atoms with van der Waals surface area (Å²) in [6, 6.07) is 0. The van der Waals surface area contributed by atoms with E-state index in [-0.39, 0.29) is 6.10 Å². The van der Waals surface area contributed by atoms with Gasteiger partial charge in [0.25, 0.3) is 0 Å². The predicted molar refractivity (Wildman–Crippen MR) is 97.7 cm³/mol. The number of nitrogens with one attached hydrogen (secondary N) is 1. The fourth-order valence-corrected chi connectivity index (χ4v) is 4.49. The Hall–Kier alpha value is -0.870. The molecule has 0 radical (unpaired) electrons. The molecule has 2 aliphatic rings. The summed E-state index contributed by atoms with van der Waals surface area (Å²) in [7, 11) is 0. The third-order valence-electron chi connectivity index (χ3n) is 5.92. The van der Waals surface area contributed by atoms with Gasteiger partial charge in [-0.2, -0.15) is 0 Å². The van der Waals surface area contributed by atoms with E-state index in [0.717, 1.165) is 51.2 Å². The molecule has 4 nitrogen and oxygen atoms in total. The number of rotatable bonds is 7. The number of piperidine rings is 1. The number of aliphatic hydroxyl groups excluding tert-OH is 1. The second-order valence-electron chi connectivity index (χ2n) is 8.52. The third-order valence-corrected chi connectivity index (χ3v) is 5.92. The van der Waals surface area contributed by atoms with Crippen molar-refractivity contribution in [1.29, 1.82) is 0 Å². The standard InChI is InChI=1S/C20H35N3O/c1-15(2)11-19(24)17-7-9-23(10-8-17)14-18-13-21-20(22-18)12-16-5-3-4-6-16/h13,15-17,19,24H,3-12,14H2,1-2H3,(H,21,22)/t19-/m0/s1. The molecule has 0 unspecified atom stereocenters. The summed E-state index contributed by atoms with van der Waals surface area (Å²) >= 11 is 0. The lowest BCUT2D eigenvalue weighted by Crippen LogP contribution is -2.37. The minimum atomic E-state index is -0.114. The maximum atomic E-state index is 10.3. The minimum absolute atomic E-state index is 0.114. The lowest BCUT2D eigenvalue weighted by atomic mass is 9.87. The van der Waals surface area contributed by atoms with E-state index in [1.165, 1.54) is 37.2 Å². The molecule has 2 heterocycles. The van der Waals surface area contributed by atoms with Crippen molar-refractivity contribution in [2.75, 3.05) is 13.1 Å². The topological polar surface area (TPSA) is 52.1 Å². The van der Waals surface area contributed by atoms with Crippen LogP contribution in [-0.4, -0.2) is 39.2 Å². The maximum absolute atomic E-state index is 10.3. The van der Waals surface area contributed by atoms with Gasteiger partial charge in [0.15, 0.2) is 0 Å².